The third kappa shape index (κ3) is 6.69. The van der Waals surface area contributed by atoms with Crippen LogP contribution < -0.4 is 25.6 Å². The van der Waals surface area contributed by atoms with E-state index in [0.29, 0.717) is 18.8 Å². The van der Waals surface area contributed by atoms with E-state index in [1.807, 2.05) is 36.4 Å². The molecule has 1 fully saturated rings. The fraction of sp³-hybridized carbons (Fsp3) is 0.226. The lowest BCUT2D eigenvalue weighted by molar-refractivity contribution is 0.251. The van der Waals surface area contributed by atoms with Crippen LogP contribution in [0.25, 0.3) is 11.1 Å². The van der Waals surface area contributed by atoms with Gasteiger partial charge < -0.3 is 25.6 Å². The number of urea groups is 1. The average molecular weight is 508 g/mol. The highest BCUT2D eigenvalue weighted by Gasteiger charge is 2.16. The van der Waals surface area contributed by atoms with E-state index in [9.17, 15) is 4.79 Å². The first-order valence-electron chi connectivity index (χ1n) is 13.1. The van der Waals surface area contributed by atoms with Crippen molar-refractivity contribution in [2.45, 2.75) is 13.0 Å². The van der Waals surface area contributed by atoms with Crippen molar-refractivity contribution in [1.29, 1.82) is 0 Å². The molecule has 0 unspecified atom stereocenters. The van der Waals surface area contributed by atoms with Gasteiger partial charge in [-0.05, 0) is 53.1 Å². The van der Waals surface area contributed by atoms with Gasteiger partial charge in [0.15, 0.2) is 0 Å². The van der Waals surface area contributed by atoms with Gasteiger partial charge >= 0.3 is 6.03 Å². The van der Waals surface area contributed by atoms with Crippen LogP contribution in [0.5, 0.6) is 5.75 Å². The maximum absolute atomic E-state index is 12.2. The number of benzene rings is 3. The molecule has 1 saturated heterocycles. The molecule has 0 saturated carbocycles. The predicted octanol–water partition coefficient (Wildman–Crippen LogP) is 5.10. The second-order valence-corrected chi connectivity index (χ2v) is 9.20. The molecule has 3 aromatic carbocycles. The number of aromatic nitrogens is 1. The number of hydrogen-bond donors (Lipinski definition) is 3. The van der Waals surface area contributed by atoms with Crippen LogP contribution in [0.1, 0.15) is 11.1 Å². The Kier molecular flexibility index (Phi) is 8.48. The van der Waals surface area contributed by atoms with Gasteiger partial charge in [-0.25, -0.2) is 4.79 Å². The van der Waals surface area contributed by atoms with E-state index in [-0.39, 0.29) is 6.03 Å². The number of anilines is 2. The van der Waals surface area contributed by atoms with E-state index in [1.54, 1.807) is 12.4 Å². The van der Waals surface area contributed by atoms with Crippen LogP contribution in [-0.2, 0) is 13.0 Å². The van der Waals surface area contributed by atoms with Crippen molar-refractivity contribution in [3.8, 4) is 16.9 Å². The predicted molar refractivity (Wildman–Crippen MR) is 153 cm³/mol. The van der Waals surface area contributed by atoms with Crippen molar-refractivity contribution in [2.75, 3.05) is 43.0 Å². The zero-order chi connectivity index (χ0) is 26.0. The maximum atomic E-state index is 12.2. The number of carbonyl (C=O) groups is 1. The number of nitrogens with one attached hydrogen (secondary N) is 3. The van der Waals surface area contributed by atoms with Crippen molar-refractivity contribution in [3.63, 3.8) is 0 Å². The summed E-state index contributed by atoms with van der Waals surface area (Å²) >= 11 is 0. The van der Waals surface area contributed by atoms with E-state index in [2.05, 4.69) is 74.4 Å². The number of piperazine rings is 1. The highest BCUT2D eigenvalue weighted by Crippen LogP contribution is 2.33. The molecule has 0 spiro atoms. The van der Waals surface area contributed by atoms with Crippen molar-refractivity contribution in [3.05, 3.63) is 108 Å². The van der Waals surface area contributed by atoms with Crippen LogP contribution in [-0.4, -0.2) is 43.8 Å². The summed E-state index contributed by atoms with van der Waals surface area (Å²) in [7, 11) is 0. The van der Waals surface area contributed by atoms with E-state index >= 15 is 0 Å². The molecule has 1 aliphatic rings. The second kappa shape index (κ2) is 12.7. The van der Waals surface area contributed by atoms with Crippen molar-refractivity contribution in [1.82, 2.24) is 15.6 Å². The van der Waals surface area contributed by atoms with E-state index < -0.39 is 0 Å². The number of carbonyl (C=O) groups excluding carboxylic acids is 1. The molecule has 0 bridgehead atoms. The normalized spacial score (nSPS) is 13.1. The van der Waals surface area contributed by atoms with Crippen LogP contribution in [0.3, 0.4) is 0 Å². The van der Waals surface area contributed by atoms with Gasteiger partial charge in [0, 0.05) is 68.5 Å². The van der Waals surface area contributed by atoms with E-state index in [1.165, 1.54) is 22.4 Å². The van der Waals surface area contributed by atoms with Crippen LogP contribution in [0.4, 0.5) is 16.2 Å². The zero-order valence-corrected chi connectivity index (χ0v) is 21.4. The van der Waals surface area contributed by atoms with Crippen LogP contribution >= 0.6 is 0 Å². The molecule has 3 N–H and O–H groups in total. The van der Waals surface area contributed by atoms with Gasteiger partial charge in [-0.3, -0.25) is 4.98 Å². The third-order valence-corrected chi connectivity index (χ3v) is 6.60. The molecule has 2 amide bonds. The molecular formula is C31H33N5O2. The van der Waals surface area contributed by atoms with Crippen molar-refractivity contribution in [2.24, 2.45) is 0 Å². The summed E-state index contributed by atoms with van der Waals surface area (Å²) in [6.45, 7) is 5.02. The van der Waals surface area contributed by atoms with E-state index in [4.69, 9.17) is 4.74 Å². The molecule has 4 aromatic rings. The zero-order valence-electron chi connectivity index (χ0n) is 21.4. The van der Waals surface area contributed by atoms with Crippen LogP contribution in [0.2, 0.25) is 0 Å². The number of nitrogens with zero attached hydrogens (tertiary/aromatic N) is 2. The first kappa shape index (κ1) is 25.3. The molecule has 38 heavy (non-hydrogen) atoms. The van der Waals surface area contributed by atoms with Crippen LogP contribution in [0, 0.1) is 0 Å². The standard InChI is InChI=1S/C31H33N5O2/c37-31(34-23-24-6-5-16-33-22-24)35-26-11-13-27(14-12-26)38-21-15-25-7-1-2-8-28(25)29-9-3-4-10-30(29)36-19-17-32-18-20-36/h1-14,16,22,32H,15,17-21,23H2,(H2,34,35,37). The molecular weight excluding hydrogens is 474 g/mol. The lowest BCUT2D eigenvalue weighted by Crippen LogP contribution is -2.43. The molecule has 5 rings (SSSR count). The van der Waals surface area contributed by atoms with Crippen molar-refractivity contribution < 1.29 is 9.53 Å². The van der Waals surface area contributed by atoms with Gasteiger partial charge in [0.2, 0.25) is 0 Å². The molecule has 7 nitrogen and oxygen atoms in total. The lowest BCUT2D eigenvalue weighted by Gasteiger charge is -2.31. The Morgan fingerprint density at radius 2 is 1.66 bits per heavy atom. The van der Waals surface area contributed by atoms with Gasteiger partial charge in [-0.15, -0.1) is 0 Å². The smallest absolute Gasteiger partial charge is 0.319 e. The Morgan fingerprint density at radius 1 is 0.895 bits per heavy atom. The highest BCUT2D eigenvalue weighted by atomic mass is 16.5. The molecule has 0 atom stereocenters. The number of pyridine rings is 1. The van der Waals surface area contributed by atoms with Gasteiger partial charge in [0.25, 0.3) is 0 Å². The number of hydrogen-bond acceptors (Lipinski definition) is 5. The number of amides is 2. The van der Waals surface area contributed by atoms with E-state index in [0.717, 1.165) is 43.9 Å². The molecule has 1 aromatic heterocycles. The van der Waals surface area contributed by atoms with Gasteiger partial charge in [-0.1, -0.05) is 48.5 Å². The first-order valence-corrected chi connectivity index (χ1v) is 13.1. The monoisotopic (exact) mass is 507 g/mol. The molecule has 2 heterocycles. The molecule has 0 aliphatic carbocycles. The quantitative estimate of drug-likeness (QED) is 0.294. The topological polar surface area (TPSA) is 78.5 Å². The first-order chi connectivity index (χ1) is 18.8. The third-order valence-electron chi connectivity index (χ3n) is 6.60. The van der Waals surface area contributed by atoms with Gasteiger partial charge in [-0.2, -0.15) is 0 Å². The second-order valence-electron chi connectivity index (χ2n) is 9.20. The number of ether oxygens (including phenoxy) is 1. The van der Waals surface area contributed by atoms with Crippen molar-refractivity contribution >= 4 is 17.4 Å². The summed E-state index contributed by atoms with van der Waals surface area (Å²) in [5.74, 6) is 0.769. The summed E-state index contributed by atoms with van der Waals surface area (Å²) in [4.78, 5) is 18.7. The Hall–Kier alpha value is -4.36. The SMILES string of the molecule is O=C(NCc1cccnc1)Nc1ccc(OCCc2ccccc2-c2ccccc2N2CCNCC2)cc1. The summed E-state index contributed by atoms with van der Waals surface area (Å²) in [6, 6.07) is 28.2. The molecule has 1 aliphatic heterocycles. The fourth-order valence-corrected chi connectivity index (χ4v) is 4.66. The van der Waals surface area contributed by atoms with Gasteiger partial charge in [0.1, 0.15) is 5.75 Å². The summed E-state index contributed by atoms with van der Waals surface area (Å²) < 4.78 is 6.06. The number of para-hydroxylation sites is 1. The molecule has 0 radical (unpaired) electrons. The Morgan fingerprint density at radius 3 is 2.45 bits per heavy atom. The summed E-state index contributed by atoms with van der Waals surface area (Å²) in [5.41, 5.74) is 6.72. The minimum atomic E-state index is -0.264. The Balaban J connectivity index is 1.16. The fourth-order valence-electron chi connectivity index (χ4n) is 4.66. The molecule has 194 valence electrons. The minimum Gasteiger partial charge on any atom is -0.493 e. The maximum Gasteiger partial charge on any atom is 0.319 e. The lowest BCUT2D eigenvalue weighted by atomic mass is 9.96. The van der Waals surface area contributed by atoms with Crippen LogP contribution in [0.15, 0.2) is 97.3 Å². The van der Waals surface area contributed by atoms with Gasteiger partial charge in [0.05, 0.1) is 6.61 Å². The highest BCUT2D eigenvalue weighted by molar-refractivity contribution is 5.89. The minimum absolute atomic E-state index is 0.264. The summed E-state index contributed by atoms with van der Waals surface area (Å²) in [5, 5.41) is 9.11. The summed E-state index contributed by atoms with van der Waals surface area (Å²) in [6.07, 6.45) is 4.23. The molecule has 7 heteroatoms. The largest absolute Gasteiger partial charge is 0.493 e. The number of rotatable bonds is 9. The average Bonchev–Trinajstić information content (AvgIpc) is 2.98. The Labute approximate surface area is 223 Å². The Bertz CT molecular complexity index is 1320.